The van der Waals surface area contributed by atoms with Gasteiger partial charge in [0.2, 0.25) is 15.9 Å². The Kier molecular flexibility index (Phi) is 6.39. The van der Waals surface area contributed by atoms with Gasteiger partial charge >= 0.3 is 0 Å². The zero-order valence-electron chi connectivity index (χ0n) is 16.1. The number of sulfonamides is 1. The van der Waals surface area contributed by atoms with Gasteiger partial charge in [0.05, 0.1) is 13.0 Å². The Morgan fingerprint density at radius 2 is 1.89 bits per heavy atom. The molecule has 3 rings (SSSR count). The molecule has 0 radical (unpaired) electrons. The van der Waals surface area contributed by atoms with Crippen LogP contribution in [0.25, 0.3) is 0 Å². The minimum atomic E-state index is -3.65. The Morgan fingerprint density at radius 3 is 2.56 bits per heavy atom. The summed E-state index contributed by atoms with van der Waals surface area (Å²) in [6.07, 6.45) is 4.63. The summed E-state index contributed by atoms with van der Waals surface area (Å²) in [5.41, 5.74) is 0.490. The van der Waals surface area contributed by atoms with Crippen molar-refractivity contribution in [2.45, 2.75) is 37.0 Å². The molecule has 1 atom stereocenters. The lowest BCUT2D eigenvalue weighted by molar-refractivity contribution is -0.121. The minimum absolute atomic E-state index is 0.0620. The van der Waals surface area contributed by atoms with Crippen molar-refractivity contribution in [1.82, 2.24) is 9.21 Å². The Bertz CT molecular complexity index is 775. The molecule has 2 saturated heterocycles. The van der Waals surface area contributed by atoms with Crippen molar-refractivity contribution >= 4 is 21.6 Å². The Morgan fingerprint density at radius 1 is 1.15 bits per heavy atom. The molecule has 1 aromatic carbocycles. The summed E-state index contributed by atoms with van der Waals surface area (Å²) in [6, 6.07) is 4.82. The highest BCUT2D eigenvalue weighted by Crippen LogP contribution is 2.31. The summed E-state index contributed by atoms with van der Waals surface area (Å²) in [6.45, 7) is 2.78. The van der Waals surface area contributed by atoms with E-state index in [1.807, 2.05) is 7.05 Å². The van der Waals surface area contributed by atoms with Gasteiger partial charge < -0.3 is 15.0 Å². The molecule has 1 amide bonds. The maximum Gasteiger partial charge on any atom is 0.246 e. The fourth-order valence-corrected chi connectivity index (χ4v) is 5.52. The van der Waals surface area contributed by atoms with Crippen molar-refractivity contribution in [3.8, 4) is 5.75 Å². The number of anilines is 1. The molecule has 1 aromatic rings. The molecule has 27 heavy (non-hydrogen) atoms. The topological polar surface area (TPSA) is 79.0 Å². The first-order valence-corrected chi connectivity index (χ1v) is 11.0. The number of methoxy groups -OCH3 is 1. The average Bonchev–Trinajstić information content (AvgIpc) is 2.68. The first-order valence-electron chi connectivity index (χ1n) is 9.59. The Balaban J connectivity index is 1.81. The molecule has 2 fully saturated rings. The van der Waals surface area contributed by atoms with E-state index in [9.17, 15) is 13.2 Å². The van der Waals surface area contributed by atoms with Crippen molar-refractivity contribution in [3.05, 3.63) is 18.2 Å². The maximum atomic E-state index is 13.1. The third kappa shape index (κ3) is 4.62. The monoisotopic (exact) mass is 395 g/mol. The predicted octanol–water partition coefficient (Wildman–Crippen LogP) is 2.15. The average molecular weight is 396 g/mol. The molecule has 2 aliphatic heterocycles. The van der Waals surface area contributed by atoms with Crippen LogP contribution in [-0.2, 0) is 14.8 Å². The highest BCUT2D eigenvalue weighted by molar-refractivity contribution is 7.89. The minimum Gasteiger partial charge on any atom is -0.495 e. The molecule has 2 heterocycles. The second-order valence-corrected chi connectivity index (χ2v) is 9.33. The van der Waals surface area contributed by atoms with Crippen LogP contribution in [-0.4, -0.2) is 63.9 Å². The number of amides is 1. The van der Waals surface area contributed by atoms with E-state index >= 15 is 0 Å². The van der Waals surface area contributed by atoms with Crippen molar-refractivity contribution in [3.63, 3.8) is 0 Å². The largest absolute Gasteiger partial charge is 0.495 e. The molecule has 8 heteroatoms. The van der Waals surface area contributed by atoms with E-state index in [1.54, 1.807) is 12.1 Å². The van der Waals surface area contributed by atoms with Crippen molar-refractivity contribution in [1.29, 1.82) is 0 Å². The fraction of sp³-hybridized carbons (Fsp3) is 0.632. The number of carbonyl (C=O) groups is 1. The molecule has 0 saturated carbocycles. The molecule has 150 valence electrons. The van der Waals surface area contributed by atoms with Crippen molar-refractivity contribution in [2.75, 3.05) is 45.7 Å². The summed E-state index contributed by atoms with van der Waals surface area (Å²) >= 11 is 0. The zero-order valence-corrected chi connectivity index (χ0v) is 16.9. The molecule has 1 N–H and O–H groups in total. The number of hydrogen-bond acceptors (Lipinski definition) is 5. The van der Waals surface area contributed by atoms with Crippen LogP contribution < -0.4 is 10.1 Å². The lowest BCUT2D eigenvalue weighted by Gasteiger charge is -2.29. The highest BCUT2D eigenvalue weighted by atomic mass is 32.2. The predicted molar refractivity (Wildman–Crippen MR) is 104 cm³/mol. The number of rotatable bonds is 5. The standard InChI is InChI=1S/C19H29N3O4S/c1-21-10-6-7-15(14-21)19(23)20-16-8-9-17(26-2)18(13-16)27(24,25)22-11-4-3-5-12-22/h8-9,13,15H,3-7,10-12,14H2,1-2H3,(H,20,23). The number of piperidine rings is 2. The maximum absolute atomic E-state index is 13.1. The summed E-state index contributed by atoms with van der Waals surface area (Å²) in [7, 11) is -0.179. The van der Waals surface area contributed by atoms with Crippen LogP contribution in [0.1, 0.15) is 32.1 Å². The fourth-order valence-electron chi connectivity index (χ4n) is 3.83. The molecular formula is C19H29N3O4S. The molecular weight excluding hydrogens is 366 g/mol. The van der Waals surface area contributed by atoms with E-state index in [-0.39, 0.29) is 16.7 Å². The Hall–Kier alpha value is -1.64. The number of benzene rings is 1. The van der Waals surface area contributed by atoms with Crippen LogP contribution in [0.2, 0.25) is 0 Å². The number of carbonyl (C=O) groups excluding carboxylic acids is 1. The van der Waals surface area contributed by atoms with Crippen LogP contribution in [0.4, 0.5) is 5.69 Å². The van der Waals surface area contributed by atoms with Crippen LogP contribution in [0.15, 0.2) is 23.1 Å². The van der Waals surface area contributed by atoms with Crippen molar-refractivity contribution < 1.29 is 17.9 Å². The second-order valence-electron chi connectivity index (χ2n) is 7.42. The number of ether oxygens (including phenoxy) is 1. The van der Waals surface area contributed by atoms with Gasteiger partial charge in [-0.05, 0) is 57.5 Å². The third-order valence-corrected chi connectivity index (χ3v) is 7.28. The normalized spacial score (nSPS) is 22.4. The van der Waals surface area contributed by atoms with Gasteiger partial charge in [-0.1, -0.05) is 6.42 Å². The summed E-state index contributed by atoms with van der Waals surface area (Å²) in [4.78, 5) is 14.9. The van der Waals surface area contributed by atoms with E-state index in [4.69, 9.17) is 4.74 Å². The van der Waals surface area contributed by atoms with Gasteiger partial charge in [-0.3, -0.25) is 4.79 Å². The number of likely N-dealkylation sites (tertiary alicyclic amines) is 1. The van der Waals surface area contributed by atoms with Crippen LogP contribution in [0.5, 0.6) is 5.75 Å². The van der Waals surface area contributed by atoms with Gasteiger partial charge in [-0.15, -0.1) is 0 Å². The van der Waals surface area contributed by atoms with Crippen LogP contribution in [0.3, 0.4) is 0 Å². The molecule has 2 aliphatic rings. The van der Waals surface area contributed by atoms with Crippen molar-refractivity contribution in [2.24, 2.45) is 5.92 Å². The van der Waals surface area contributed by atoms with Gasteiger partial charge in [-0.25, -0.2) is 8.42 Å². The van der Waals surface area contributed by atoms with Gasteiger partial charge in [-0.2, -0.15) is 4.31 Å². The second kappa shape index (κ2) is 8.58. The van der Waals surface area contributed by atoms with E-state index in [2.05, 4.69) is 10.2 Å². The smallest absolute Gasteiger partial charge is 0.246 e. The molecule has 0 aromatic heterocycles. The van der Waals surface area contributed by atoms with Gasteiger partial charge in [0.25, 0.3) is 0 Å². The van der Waals surface area contributed by atoms with E-state index in [0.29, 0.717) is 24.5 Å². The van der Waals surface area contributed by atoms with Gasteiger partial charge in [0, 0.05) is 25.3 Å². The first kappa shape index (κ1) is 20.1. The number of nitrogens with zero attached hydrogens (tertiary/aromatic N) is 2. The van der Waals surface area contributed by atoms with Gasteiger partial charge in [0.15, 0.2) is 0 Å². The highest BCUT2D eigenvalue weighted by Gasteiger charge is 2.30. The lowest BCUT2D eigenvalue weighted by atomic mass is 9.97. The zero-order chi connectivity index (χ0) is 19.4. The molecule has 7 nitrogen and oxygen atoms in total. The number of hydrogen-bond donors (Lipinski definition) is 1. The molecule has 0 spiro atoms. The van der Waals surface area contributed by atoms with E-state index in [0.717, 1.165) is 45.2 Å². The summed E-state index contributed by atoms with van der Waals surface area (Å²) in [5.74, 6) is 0.164. The third-order valence-electron chi connectivity index (χ3n) is 5.36. The quantitative estimate of drug-likeness (QED) is 0.826. The molecule has 0 bridgehead atoms. The summed E-state index contributed by atoms with van der Waals surface area (Å²) in [5, 5.41) is 2.89. The summed E-state index contributed by atoms with van der Waals surface area (Å²) < 4.78 is 32.9. The lowest BCUT2D eigenvalue weighted by Crippen LogP contribution is -2.38. The van der Waals surface area contributed by atoms with Crippen LogP contribution in [0, 0.1) is 5.92 Å². The molecule has 0 aliphatic carbocycles. The van der Waals surface area contributed by atoms with E-state index in [1.165, 1.54) is 17.5 Å². The number of nitrogens with one attached hydrogen (secondary N) is 1. The molecule has 1 unspecified atom stereocenters. The van der Waals surface area contributed by atoms with E-state index < -0.39 is 10.0 Å². The SMILES string of the molecule is COc1ccc(NC(=O)C2CCCN(C)C2)cc1S(=O)(=O)N1CCCCC1. The Labute approximate surface area is 161 Å². The van der Waals surface area contributed by atoms with Gasteiger partial charge in [0.1, 0.15) is 10.6 Å². The first-order chi connectivity index (χ1) is 12.9. The van der Waals surface area contributed by atoms with Crippen LogP contribution >= 0.6 is 0 Å².